The lowest BCUT2D eigenvalue weighted by molar-refractivity contribution is -0.140. The molecule has 2 aromatic carbocycles. The molecule has 164 valence electrons. The molecule has 0 spiro atoms. The minimum atomic E-state index is -4.62. The number of nitrogens with zero attached hydrogens (tertiary/aromatic N) is 1. The average molecular weight is 470 g/mol. The number of alkyl halides is 3. The molecule has 31 heavy (non-hydrogen) atoms. The van der Waals surface area contributed by atoms with E-state index in [1.54, 1.807) is 37.3 Å². The van der Waals surface area contributed by atoms with Crippen LogP contribution in [0.1, 0.15) is 19.0 Å². The van der Waals surface area contributed by atoms with Crippen molar-refractivity contribution in [1.29, 1.82) is 0 Å². The van der Waals surface area contributed by atoms with Crippen LogP contribution in [0.5, 0.6) is 0 Å². The summed E-state index contributed by atoms with van der Waals surface area (Å²) >= 11 is 0.631. The van der Waals surface area contributed by atoms with Gasteiger partial charge in [-0.15, -0.1) is 11.3 Å². The van der Waals surface area contributed by atoms with Crippen molar-refractivity contribution >= 4 is 38.0 Å². The number of anilines is 2. The molecule has 0 aliphatic heterocycles. The maximum Gasteiger partial charge on any atom is 0.434 e. The Hall–Kier alpha value is -2.92. The lowest BCUT2D eigenvalue weighted by atomic mass is 10.0. The van der Waals surface area contributed by atoms with Gasteiger partial charge in [0.25, 0.3) is 0 Å². The topological polar surface area (TPSA) is 88.2 Å². The first-order valence-corrected chi connectivity index (χ1v) is 11.7. The normalized spacial score (nSPS) is 11.9. The summed E-state index contributed by atoms with van der Waals surface area (Å²) in [5, 5.41) is 5.34. The molecular weight excluding hydrogens is 451 g/mol. The molecule has 1 heterocycles. The van der Waals surface area contributed by atoms with Crippen LogP contribution in [0.2, 0.25) is 0 Å². The van der Waals surface area contributed by atoms with E-state index in [2.05, 4.69) is 15.6 Å². The van der Waals surface area contributed by atoms with Crippen molar-refractivity contribution in [3.63, 3.8) is 0 Å². The van der Waals surface area contributed by atoms with Gasteiger partial charge in [0.15, 0.2) is 20.7 Å². The highest BCUT2D eigenvalue weighted by atomic mass is 32.2. The van der Waals surface area contributed by atoms with E-state index in [4.69, 9.17) is 0 Å². The van der Waals surface area contributed by atoms with Crippen LogP contribution in [-0.4, -0.2) is 25.2 Å². The van der Waals surface area contributed by atoms with Gasteiger partial charge in [0.05, 0.1) is 16.3 Å². The fraction of sp³-hybridized carbons (Fsp3) is 0.200. The summed E-state index contributed by atoms with van der Waals surface area (Å²) in [5.41, 5.74) is 0.381. The maximum atomic E-state index is 12.7. The fourth-order valence-corrected chi connectivity index (χ4v) is 4.85. The molecule has 1 aromatic heterocycles. The molecule has 0 unspecified atom stereocenters. The van der Waals surface area contributed by atoms with Crippen LogP contribution < -0.4 is 10.6 Å². The lowest BCUT2D eigenvalue weighted by Gasteiger charge is -2.14. The van der Waals surface area contributed by atoms with E-state index in [0.29, 0.717) is 23.3 Å². The van der Waals surface area contributed by atoms with Crippen molar-refractivity contribution in [2.75, 3.05) is 16.4 Å². The summed E-state index contributed by atoms with van der Waals surface area (Å²) < 4.78 is 63.0. The highest BCUT2D eigenvalue weighted by Gasteiger charge is 2.34. The molecule has 0 bridgehead atoms. The van der Waals surface area contributed by atoms with Gasteiger partial charge >= 0.3 is 12.2 Å². The number of sulfone groups is 1. The van der Waals surface area contributed by atoms with E-state index in [-0.39, 0.29) is 21.5 Å². The van der Waals surface area contributed by atoms with Crippen molar-refractivity contribution in [2.45, 2.75) is 24.4 Å². The zero-order valence-electron chi connectivity index (χ0n) is 16.2. The summed E-state index contributed by atoms with van der Waals surface area (Å²) in [6.07, 6.45) is -4.19. The SMILES string of the molecule is CCCS(=O)(=O)c1ccc(-c2ccccc2)c(NC(=O)Nc2nc(C(F)(F)F)cs2)c1. The number of amides is 2. The molecule has 0 fully saturated rings. The number of benzene rings is 2. The Bertz CT molecular complexity index is 1180. The van der Waals surface area contributed by atoms with Gasteiger partial charge in [0.2, 0.25) is 0 Å². The number of halogens is 3. The number of aromatic nitrogens is 1. The third kappa shape index (κ3) is 5.61. The van der Waals surface area contributed by atoms with Crippen LogP contribution in [0.3, 0.4) is 0 Å². The first-order chi connectivity index (χ1) is 14.6. The number of carbonyl (C=O) groups excluding carboxylic acids is 1. The zero-order valence-corrected chi connectivity index (χ0v) is 17.9. The van der Waals surface area contributed by atoms with Gasteiger partial charge in [-0.3, -0.25) is 5.32 Å². The molecule has 0 saturated heterocycles. The summed E-state index contributed by atoms with van der Waals surface area (Å²) in [6.45, 7) is 1.74. The van der Waals surface area contributed by atoms with Crippen LogP contribution in [0.15, 0.2) is 58.8 Å². The van der Waals surface area contributed by atoms with E-state index >= 15 is 0 Å². The Kier molecular flexibility index (Phi) is 6.65. The quantitative estimate of drug-likeness (QED) is 0.488. The van der Waals surface area contributed by atoms with Crippen LogP contribution in [-0.2, 0) is 16.0 Å². The summed E-state index contributed by atoms with van der Waals surface area (Å²) in [4.78, 5) is 15.8. The van der Waals surface area contributed by atoms with Crippen molar-refractivity contribution in [3.05, 3.63) is 59.6 Å². The van der Waals surface area contributed by atoms with Gasteiger partial charge in [0.1, 0.15) is 0 Å². The predicted octanol–water partition coefficient (Wildman–Crippen LogP) is 5.66. The first-order valence-electron chi connectivity index (χ1n) is 9.13. The first kappa shape index (κ1) is 22.8. The highest BCUT2D eigenvalue weighted by Crippen LogP contribution is 2.33. The third-order valence-corrected chi connectivity index (χ3v) is 6.85. The summed E-state index contributed by atoms with van der Waals surface area (Å²) in [7, 11) is -3.55. The number of nitrogens with one attached hydrogen (secondary N) is 2. The van der Waals surface area contributed by atoms with E-state index in [9.17, 15) is 26.4 Å². The van der Waals surface area contributed by atoms with Crippen molar-refractivity contribution in [2.24, 2.45) is 0 Å². The minimum Gasteiger partial charge on any atom is -0.307 e. The lowest BCUT2D eigenvalue weighted by Crippen LogP contribution is -2.20. The van der Waals surface area contributed by atoms with Gasteiger partial charge in [-0.1, -0.05) is 43.3 Å². The molecule has 0 aliphatic carbocycles. The van der Waals surface area contributed by atoms with Gasteiger partial charge < -0.3 is 5.32 Å². The van der Waals surface area contributed by atoms with Gasteiger partial charge in [-0.25, -0.2) is 18.2 Å². The number of thiazole rings is 1. The fourth-order valence-electron chi connectivity index (χ4n) is 2.79. The molecule has 0 atom stereocenters. The number of carbonyl (C=O) groups is 1. The number of rotatable bonds is 6. The molecule has 0 radical (unpaired) electrons. The van der Waals surface area contributed by atoms with Gasteiger partial charge in [0, 0.05) is 10.9 Å². The molecule has 2 amide bonds. The Balaban J connectivity index is 1.91. The highest BCUT2D eigenvalue weighted by molar-refractivity contribution is 7.91. The molecular formula is C20H18F3N3O3S2. The zero-order chi connectivity index (χ0) is 22.6. The predicted molar refractivity (Wildman–Crippen MR) is 114 cm³/mol. The average Bonchev–Trinajstić information content (AvgIpc) is 3.17. The third-order valence-electron chi connectivity index (χ3n) is 4.17. The Morgan fingerprint density at radius 1 is 1.10 bits per heavy atom. The Labute approximate surface area is 181 Å². The van der Waals surface area contributed by atoms with Crippen LogP contribution in [0.4, 0.5) is 28.8 Å². The van der Waals surface area contributed by atoms with E-state index < -0.39 is 27.7 Å². The molecule has 0 saturated carbocycles. The summed E-state index contributed by atoms with van der Waals surface area (Å²) in [5.74, 6) is -0.0529. The van der Waals surface area contributed by atoms with E-state index in [0.717, 1.165) is 10.9 Å². The molecule has 6 nitrogen and oxygen atoms in total. The second-order valence-electron chi connectivity index (χ2n) is 6.51. The number of hydrogen-bond acceptors (Lipinski definition) is 5. The van der Waals surface area contributed by atoms with Crippen molar-refractivity contribution in [1.82, 2.24) is 4.98 Å². The Morgan fingerprint density at radius 2 is 1.81 bits per heavy atom. The van der Waals surface area contributed by atoms with E-state index in [1.807, 2.05) is 6.07 Å². The standard InChI is InChI=1S/C20H18F3N3O3S2/c1-2-10-31(28,29)14-8-9-15(13-6-4-3-5-7-13)16(11-14)24-18(27)26-19-25-17(12-30-19)20(21,22)23/h3-9,11-12H,2,10H2,1H3,(H2,24,25,26,27). The monoisotopic (exact) mass is 469 g/mol. The Morgan fingerprint density at radius 3 is 2.42 bits per heavy atom. The smallest absolute Gasteiger partial charge is 0.307 e. The van der Waals surface area contributed by atoms with Crippen molar-refractivity contribution in [3.8, 4) is 11.1 Å². The molecule has 3 aromatic rings. The molecule has 3 rings (SSSR count). The van der Waals surface area contributed by atoms with Crippen LogP contribution in [0, 0.1) is 0 Å². The van der Waals surface area contributed by atoms with Crippen molar-refractivity contribution < 1.29 is 26.4 Å². The maximum absolute atomic E-state index is 12.7. The van der Waals surface area contributed by atoms with E-state index in [1.165, 1.54) is 12.1 Å². The number of hydrogen-bond donors (Lipinski definition) is 2. The second-order valence-corrected chi connectivity index (χ2v) is 9.47. The summed E-state index contributed by atoms with van der Waals surface area (Å²) in [6, 6.07) is 12.5. The van der Waals surface area contributed by atoms with Crippen LogP contribution >= 0.6 is 11.3 Å². The molecule has 11 heteroatoms. The molecule has 0 aliphatic rings. The van der Waals surface area contributed by atoms with Gasteiger partial charge in [-0.05, 0) is 24.1 Å². The molecule has 2 N–H and O–H groups in total. The largest absolute Gasteiger partial charge is 0.434 e. The number of urea groups is 1. The second kappa shape index (κ2) is 9.06. The minimum absolute atomic E-state index is 0.0398. The van der Waals surface area contributed by atoms with Crippen LogP contribution in [0.25, 0.3) is 11.1 Å². The van der Waals surface area contributed by atoms with Gasteiger partial charge in [-0.2, -0.15) is 13.2 Å².